The van der Waals surface area contributed by atoms with E-state index in [4.69, 9.17) is 11.6 Å². The van der Waals surface area contributed by atoms with Crippen LogP contribution < -0.4 is 15.1 Å². The number of carbonyl (C=O) groups excluding carboxylic acids is 1. The predicted octanol–water partition coefficient (Wildman–Crippen LogP) is 2.46. The van der Waals surface area contributed by atoms with Crippen molar-refractivity contribution in [2.24, 2.45) is 0 Å². The van der Waals surface area contributed by atoms with Crippen LogP contribution in [0, 0.1) is 5.82 Å². The first-order chi connectivity index (χ1) is 12.1. The Labute approximate surface area is 152 Å². The summed E-state index contributed by atoms with van der Waals surface area (Å²) >= 11 is 6.43. The van der Waals surface area contributed by atoms with Crippen LogP contribution in [0.2, 0.25) is 5.02 Å². The number of nitrogens with zero attached hydrogens (tertiary/aromatic N) is 1. The normalized spacial score (nSPS) is 15.2. The number of quaternary nitrogens is 1. The number of nitrogens with one attached hydrogen (secondary N) is 2. The van der Waals surface area contributed by atoms with Crippen molar-refractivity contribution in [1.29, 1.82) is 0 Å². The van der Waals surface area contributed by atoms with E-state index >= 15 is 0 Å². The first-order valence-corrected chi connectivity index (χ1v) is 8.90. The molecule has 2 aromatic carbocycles. The Morgan fingerprint density at radius 1 is 1.24 bits per heavy atom. The Hall–Kier alpha value is -2.11. The number of likely N-dealkylation sites (N-methyl/N-ethyl adjacent to an activating group) is 1. The fraction of sp³-hybridized carbons (Fsp3) is 0.316. The second-order valence-corrected chi connectivity index (χ2v) is 6.60. The molecule has 3 rings (SSSR count). The van der Waals surface area contributed by atoms with Crippen molar-refractivity contribution in [2.45, 2.75) is 6.92 Å². The van der Waals surface area contributed by atoms with Crippen LogP contribution in [-0.2, 0) is 0 Å². The van der Waals surface area contributed by atoms with E-state index in [1.807, 2.05) is 12.1 Å². The summed E-state index contributed by atoms with van der Waals surface area (Å²) in [6.45, 7) is 7.15. The first kappa shape index (κ1) is 17.7. The standard InChI is InChI=1S/C19H21ClFN3O/c1-2-23-9-11-24(12-10-23)18-16(20)7-4-8-17(18)22-19(25)14-5-3-6-15(21)13-14/h3-8,13H,2,9-12H2,1H3,(H,22,25)/p+1. The van der Waals surface area contributed by atoms with Crippen LogP contribution in [0.4, 0.5) is 15.8 Å². The van der Waals surface area contributed by atoms with Crippen molar-refractivity contribution in [3.8, 4) is 0 Å². The lowest BCUT2D eigenvalue weighted by Gasteiger charge is -2.34. The zero-order chi connectivity index (χ0) is 17.8. The number of piperazine rings is 1. The average Bonchev–Trinajstić information content (AvgIpc) is 2.62. The number of hydrogen-bond acceptors (Lipinski definition) is 2. The number of halogens is 2. The van der Waals surface area contributed by atoms with Gasteiger partial charge in [0.15, 0.2) is 0 Å². The molecule has 0 aliphatic carbocycles. The molecule has 1 saturated heterocycles. The number of benzene rings is 2. The highest BCUT2D eigenvalue weighted by atomic mass is 35.5. The van der Waals surface area contributed by atoms with Gasteiger partial charge in [0.05, 0.1) is 49.1 Å². The highest BCUT2D eigenvalue weighted by Gasteiger charge is 2.23. The summed E-state index contributed by atoms with van der Waals surface area (Å²) in [5, 5.41) is 3.49. The zero-order valence-electron chi connectivity index (χ0n) is 14.2. The van der Waals surface area contributed by atoms with E-state index in [1.165, 1.54) is 18.2 Å². The summed E-state index contributed by atoms with van der Waals surface area (Å²) in [5.41, 5.74) is 1.77. The van der Waals surface area contributed by atoms with Crippen LogP contribution >= 0.6 is 11.6 Å². The van der Waals surface area contributed by atoms with Gasteiger partial charge in [-0.2, -0.15) is 0 Å². The Morgan fingerprint density at radius 3 is 2.64 bits per heavy atom. The van der Waals surface area contributed by atoms with Crippen molar-refractivity contribution >= 4 is 28.9 Å². The summed E-state index contributed by atoms with van der Waals surface area (Å²) in [5.74, 6) is -0.779. The number of para-hydroxylation sites is 1. The topological polar surface area (TPSA) is 36.8 Å². The molecule has 0 unspecified atom stereocenters. The number of carbonyl (C=O) groups is 1. The van der Waals surface area contributed by atoms with Gasteiger partial charge in [-0.1, -0.05) is 23.7 Å². The number of amides is 1. The van der Waals surface area contributed by atoms with Crippen molar-refractivity contribution in [3.63, 3.8) is 0 Å². The zero-order valence-corrected chi connectivity index (χ0v) is 14.9. The molecular weight excluding hydrogens is 341 g/mol. The maximum absolute atomic E-state index is 13.4. The van der Waals surface area contributed by atoms with Gasteiger partial charge in [0.1, 0.15) is 5.82 Å². The van der Waals surface area contributed by atoms with E-state index < -0.39 is 5.82 Å². The van der Waals surface area contributed by atoms with E-state index in [-0.39, 0.29) is 11.5 Å². The lowest BCUT2D eigenvalue weighted by Crippen LogP contribution is -3.14. The Morgan fingerprint density at radius 2 is 1.96 bits per heavy atom. The maximum Gasteiger partial charge on any atom is 0.255 e. The van der Waals surface area contributed by atoms with Crippen LogP contribution in [0.3, 0.4) is 0 Å². The number of anilines is 2. The highest BCUT2D eigenvalue weighted by molar-refractivity contribution is 6.34. The molecule has 0 bridgehead atoms. The second-order valence-electron chi connectivity index (χ2n) is 6.19. The molecule has 132 valence electrons. The molecule has 2 N–H and O–H groups in total. The van der Waals surface area contributed by atoms with Gasteiger partial charge >= 0.3 is 0 Å². The largest absolute Gasteiger partial charge is 0.357 e. The van der Waals surface area contributed by atoms with E-state index in [1.54, 1.807) is 17.0 Å². The summed E-state index contributed by atoms with van der Waals surface area (Å²) in [7, 11) is 0. The molecule has 6 heteroatoms. The minimum atomic E-state index is -0.433. The third-order valence-electron chi connectivity index (χ3n) is 4.61. The molecule has 4 nitrogen and oxygen atoms in total. The second kappa shape index (κ2) is 7.85. The molecule has 1 fully saturated rings. The fourth-order valence-electron chi connectivity index (χ4n) is 3.16. The Balaban J connectivity index is 1.82. The summed E-state index contributed by atoms with van der Waals surface area (Å²) in [4.78, 5) is 16.2. The molecule has 1 aliphatic heterocycles. The number of hydrogen-bond donors (Lipinski definition) is 2. The quantitative estimate of drug-likeness (QED) is 0.876. The SMILES string of the molecule is CC[NH+]1CCN(c2c(Cl)cccc2NC(=O)c2cccc(F)c2)CC1. The van der Waals surface area contributed by atoms with E-state index in [9.17, 15) is 9.18 Å². The molecule has 1 aliphatic rings. The van der Waals surface area contributed by atoms with Gasteiger partial charge in [0.25, 0.3) is 5.91 Å². The summed E-state index contributed by atoms with van der Waals surface area (Å²) in [6, 6.07) is 11.1. The van der Waals surface area contributed by atoms with E-state index in [0.29, 0.717) is 10.7 Å². The predicted molar refractivity (Wildman–Crippen MR) is 99.3 cm³/mol. The van der Waals surface area contributed by atoms with Crippen molar-refractivity contribution in [2.75, 3.05) is 42.9 Å². The Kier molecular flexibility index (Phi) is 5.56. The molecule has 0 spiro atoms. The van der Waals surface area contributed by atoms with Gasteiger partial charge in [-0.3, -0.25) is 4.79 Å². The molecule has 1 heterocycles. The number of rotatable bonds is 4. The van der Waals surface area contributed by atoms with Crippen molar-refractivity contribution < 1.29 is 14.1 Å². The van der Waals surface area contributed by atoms with Gasteiger partial charge in [-0.15, -0.1) is 0 Å². The lowest BCUT2D eigenvalue weighted by atomic mass is 10.1. The van der Waals surface area contributed by atoms with Gasteiger partial charge in [-0.05, 0) is 37.3 Å². The molecule has 1 amide bonds. The van der Waals surface area contributed by atoms with Crippen LogP contribution in [-0.4, -0.2) is 38.6 Å². The fourth-order valence-corrected chi connectivity index (χ4v) is 3.46. The van der Waals surface area contributed by atoms with Crippen molar-refractivity contribution in [3.05, 3.63) is 58.9 Å². The average molecular weight is 363 g/mol. The third kappa shape index (κ3) is 4.11. The molecule has 0 atom stereocenters. The molecular formula is C19H22ClFN3O+. The van der Waals surface area contributed by atoms with Crippen molar-refractivity contribution in [1.82, 2.24) is 0 Å². The smallest absolute Gasteiger partial charge is 0.255 e. The molecule has 0 radical (unpaired) electrons. The Bertz CT molecular complexity index is 760. The van der Waals surface area contributed by atoms with Crippen LogP contribution in [0.25, 0.3) is 0 Å². The van der Waals surface area contributed by atoms with Crippen LogP contribution in [0.1, 0.15) is 17.3 Å². The van der Waals surface area contributed by atoms with Gasteiger partial charge in [0, 0.05) is 5.56 Å². The highest BCUT2D eigenvalue weighted by Crippen LogP contribution is 2.34. The first-order valence-electron chi connectivity index (χ1n) is 8.52. The van der Waals surface area contributed by atoms with Crippen LogP contribution in [0.15, 0.2) is 42.5 Å². The summed E-state index contributed by atoms with van der Waals surface area (Å²) < 4.78 is 13.4. The van der Waals surface area contributed by atoms with Gasteiger partial charge in [0.2, 0.25) is 0 Å². The monoisotopic (exact) mass is 362 g/mol. The molecule has 0 aromatic heterocycles. The minimum absolute atomic E-state index is 0.283. The molecule has 25 heavy (non-hydrogen) atoms. The molecule has 2 aromatic rings. The van der Waals surface area contributed by atoms with E-state index in [0.717, 1.165) is 38.4 Å². The summed E-state index contributed by atoms with van der Waals surface area (Å²) in [6.07, 6.45) is 0. The van der Waals surface area contributed by atoms with Gasteiger partial charge in [-0.25, -0.2) is 4.39 Å². The lowest BCUT2D eigenvalue weighted by molar-refractivity contribution is -0.898. The van der Waals surface area contributed by atoms with Crippen LogP contribution in [0.5, 0.6) is 0 Å². The third-order valence-corrected chi connectivity index (χ3v) is 4.91. The van der Waals surface area contributed by atoms with E-state index in [2.05, 4.69) is 17.1 Å². The molecule has 0 saturated carbocycles. The van der Waals surface area contributed by atoms with Gasteiger partial charge < -0.3 is 15.1 Å². The maximum atomic E-state index is 13.4. The minimum Gasteiger partial charge on any atom is -0.357 e.